The summed E-state index contributed by atoms with van der Waals surface area (Å²) in [7, 11) is 1.87. The van der Waals surface area contributed by atoms with Gasteiger partial charge in [0.1, 0.15) is 0 Å². The Labute approximate surface area is 110 Å². The van der Waals surface area contributed by atoms with Crippen LogP contribution < -0.4 is 5.32 Å². The Kier molecular flexibility index (Phi) is 5.69. The third kappa shape index (κ3) is 3.76. The van der Waals surface area contributed by atoms with Crippen molar-refractivity contribution in [1.29, 1.82) is 0 Å². The van der Waals surface area contributed by atoms with Gasteiger partial charge in [-0.1, -0.05) is 13.3 Å². The zero-order valence-corrected chi connectivity index (χ0v) is 11.9. The van der Waals surface area contributed by atoms with Gasteiger partial charge in [-0.25, -0.2) is 0 Å². The molecule has 1 rings (SSSR count). The van der Waals surface area contributed by atoms with Crippen LogP contribution in [0.5, 0.6) is 0 Å². The number of nitrogens with one attached hydrogen (secondary N) is 1. The summed E-state index contributed by atoms with van der Waals surface area (Å²) in [5, 5.41) is 3.25. The second kappa shape index (κ2) is 7.04. The van der Waals surface area contributed by atoms with E-state index in [2.05, 4.69) is 19.2 Å². The molecule has 1 aromatic carbocycles. The van der Waals surface area contributed by atoms with Crippen molar-refractivity contribution in [2.24, 2.45) is 0 Å². The highest BCUT2D eigenvalue weighted by Crippen LogP contribution is 2.16. The van der Waals surface area contributed by atoms with Crippen LogP contribution in [0.4, 0.5) is 5.69 Å². The summed E-state index contributed by atoms with van der Waals surface area (Å²) < 4.78 is 0. The molecule has 3 heteroatoms. The average Bonchev–Trinajstić information content (AvgIpc) is 2.35. The van der Waals surface area contributed by atoms with Crippen LogP contribution in [-0.2, 0) is 0 Å². The summed E-state index contributed by atoms with van der Waals surface area (Å²) >= 11 is 0. The highest BCUT2D eigenvalue weighted by molar-refractivity contribution is 5.95. The molecule has 0 aromatic heterocycles. The number of nitrogens with zero attached hydrogens (tertiary/aromatic N) is 1. The lowest BCUT2D eigenvalue weighted by Crippen LogP contribution is -2.28. The van der Waals surface area contributed by atoms with Crippen molar-refractivity contribution in [3.63, 3.8) is 0 Å². The summed E-state index contributed by atoms with van der Waals surface area (Å²) in [6.07, 6.45) is 2.16. The minimum absolute atomic E-state index is 0.115. The molecule has 0 saturated carbocycles. The number of rotatable bonds is 6. The fourth-order valence-electron chi connectivity index (χ4n) is 1.92. The smallest absolute Gasteiger partial charge is 0.253 e. The Morgan fingerprint density at radius 1 is 1.33 bits per heavy atom. The maximum atomic E-state index is 12.2. The number of benzene rings is 1. The average molecular weight is 248 g/mol. The van der Waals surface area contributed by atoms with Gasteiger partial charge in [0.15, 0.2) is 0 Å². The first-order valence-corrected chi connectivity index (χ1v) is 6.70. The van der Waals surface area contributed by atoms with Gasteiger partial charge in [0.2, 0.25) is 0 Å². The largest absolute Gasteiger partial charge is 0.385 e. The SMILES string of the molecule is CCCCN(C)C(=O)c1ccc(NCC)cc1C. The van der Waals surface area contributed by atoms with Crippen molar-refractivity contribution < 1.29 is 4.79 Å². The molecule has 0 aliphatic carbocycles. The molecule has 0 saturated heterocycles. The Hall–Kier alpha value is -1.51. The van der Waals surface area contributed by atoms with Gasteiger partial charge in [-0.15, -0.1) is 0 Å². The normalized spacial score (nSPS) is 10.2. The van der Waals surface area contributed by atoms with Gasteiger partial charge in [-0.05, 0) is 44.0 Å². The van der Waals surface area contributed by atoms with Gasteiger partial charge in [0.25, 0.3) is 5.91 Å². The highest BCUT2D eigenvalue weighted by atomic mass is 16.2. The summed E-state index contributed by atoms with van der Waals surface area (Å²) in [5.74, 6) is 0.115. The van der Waals surface area contributed by atoms with Crippen molar-refractivity contribution in [3.05, 3.63) is 29.3 Å². The second-order valence-corrected chi connectivity index (χ2v) is 4.64. The molecule has 1 N–H and O–H groups in total. The Balaban J connectivity index is 2.79. The van der Waals surface area contributed by atoms with Crippen molar-refractivity contribution >= 4 is 11.6 Å². The monoisotopic (exact) mass is 248 g/mol. The molecule has 18 heavy (non-hydrogen) atoms. The molecule has 0 atom stereocenters. The number of anilines is 1. The van der Waals surface area contributed by atoms with Crippen molar-refractivity contribution in [3.8, 4) is 0 Å². The highest BCUT2D eigenvalue weighted by Gasteiger charge is 2.13. The molecule has 3 nitrogen and oxygen atoms in total. The third-order valence-corrected chi connectivity index (χ3v) is 3.03. The van der Waals surface area contributed by atoms with E-state index in [1.165, 1.54) is 0 Å². The lowest BCUT2D eigenvalue weighted by Gasteiger charge is -2.18. The number of unbranched alkanes of at least 4 members (excludes halogenated alkanes) is 1. The number of carbonyl (C=O) groups excluding carboxylic acids is 1. The van der Waals surface area contributed by atoms with Crippen LogP contribution in [-0.4, -0.2) is 30.9 Å². The minimum atomic E-state index is 0.115. The molecular formula is C15H24N2O. The molecule has 0 heterocycles. The molecular weight excluding hydrogens is 224 g/mol. The minimum Gasteiger partial charge on any atom is -0.385 e. The van der Waals surface area contributed by atoms with Crippen LogP contribution in [0.1, 0.15) is 42.6 Å². The van der Waals surface area contributed by atoms with Crippen LogP contribution in [0.2, 0.25) is 0 Å². The van der Waals surface area contributed by atoms with Crippen LogP contribution in [0.25, 0.3) is 0 Å². The van der Waals surface area contributed by atoms with E-state index in [0.717, 1.165) is 42.7 Å². The molecule has 1 amide bonds. The fraction of sp³-hybridized carbons (Fsp3) is 0.533. The molecule has 100 valence electrons. The number of carbonyl (C=O) groups is 1. The van der Waals surface area contributed by atoms with E-state index in [4.69, 9.17) is 0 Å². The molecule has 0 bridgehead atoms. The summed E-state index contributed by atoms with van der Waals surface area (Å²) in [5.41, 5.74) is 2.90. The van der Waals surface area contributed by atoms with E-state index in [0.29, 0.717) is 0 Å². The molecule has 0 spiro atoms. The van der Waals surface area contributed by atoms with Crippen LogP contribution >= 0.6 is 0 Å². The van der Waals surface area contributed by atoms with Crippen molar-refractivity contribution in [1.82, 2.24) is 4.90 Å². The lowest BCUT2D eigenvalue weighted by atomic mass is 10.1. The molecule has 0 fully saturated rings. The van der Waals surface area contributed by atoms with E-state index in [1.807, 2.05) is 32.2 Å². The maximum Gasteiger partial charge on any atom is 0.253 e. The number of hydrogen-bond donors (Lipinski definition) is 1. The molecule has 1 aromatic rings. The zero-order chi connectivity index (χ0) is 13.5. The Bertz CT molecular complexity index is 401. The van der Waals surface area contributed by atoms with Gasteiger partial charge in [0, 0.05) is 31.4 Å². The number of hydrogen-bond acceptors (Lipinski definition) is 2. The first kappa shape index (κ1) is 14.6. The molecule has 0 radical (unpaired) electrons. The zero-order valence-electron chi connectivity index (χ0n) is 11.9. The quantitative estimate of drug-likeness (QED) is 0.837. The number of amides is 1. The van der Waals surface area contributed by atoms with Gasteiger partial charge in [0.05, 0.1) is 0 Å². The van der Waals surface area contributed by atoms with E-state index in [1.54, 1.807) is 4.90 Å². The van der Waals surface area contributed by atoms with Crippen molar-refractivity contribution in [2.45, 2.75) is 33.6 Å². The van der Waals surface area contributed by atoms with Crippen LogP contribution in [0.15, 0.2) is 18.2 Å². The summed E-state index contributed by atoms with van der Waals surface area (Å²) in [4.78, 5) is 14.1. The first-order valence-electron chi connectivity index (χ1n) is 6.70. The van der Waals surface area contributed by atoms with E-state index < -0.39 is 0 Å². The van der Waals surface area contributed by atoms with E-state index in [9.17, 15) is 4.79 Å². The summed E-state index contributed by atoms with van der Waals surface area (Å²) in [6.45, 7) is 7.90. The molecule has 0 aliphatic heterocycles. The van der Waals surface area contributed by atoms with E-state index in [-0.39, 0.29) is 5.91 Å². The Morgan fingerprint density at radius 2 is 2.06 bits per heavy atom. The Morgan fingerprint density at radius 3 is 2.61 bits per heavy atom. The van der Waals surface area contributed by atoms with Crippen molar-refractivity contribution in [2.75, 3.05) is 25.5 Å². The lowest BCUT2D eigenvalue weighted by molar-refractivity contribution is 0.0792. The van der Waals surface area contributed by atoms with Gasteiger partial charge < -0.3 is 10.2 Å². The third-order valence-electron chi connectivity index (χ3n) is 3.03. The maximum absolute atomic E-state index is 12.2. The van der Waals surface area contributed by atoms with Crippen LogP contribution in [0.3, 0.4) is 0 Å². The predicted molar refractivity (Wildman–Crippen MR) is 77.2 cm³/mol. The van der Waals surface area contributed by atoms with Gasteiger partial charge >= 0.3 is 0 Å². The molecule has 0 aliphatic rings. The van der Waals surface area contributed by atoms with Gasteiger partial charge in [-0.2, -0.15) is 0 Å². The van der Waals surface area contributed by atoms with E-state index >= 15 is 0 Å². The van der Waals surface area contributed by atoms with Crippen LogP contribution in [0, 0.1) is 6.92 Å². The standard InChI is InChI=1S/C15H24N2O/c1-5-7-10-17(4)15(18)14-9-8-13(16-6-2)11-12(14)3/h8-9,11,16H,5-7,10H2,1-4H3. The topological polar surface area (TPSA) is 32.3 Å². The molecule has 0 unspecified atom stereocenters. The fourth-order valence-corrected chi connectivity index (χ4v) is 1.92. The summed E-state index contributed by atoms with van der Waals surface area (Å²) in [6, 6.07) is 5.92. The first-order chi connectivity index (χ1) is 8.60. The second-order valence-electron chi connectivity index (χ2n) is 4.64. The van der Waals surface area contributed by atoms with Gasteiger partial charge in [-0.3, -0.25) is 4.79 Å². The number of aryl methyl sites for hydroxylation is 1. The predicted octanol–water partition coefficient (Wildman–Crippen LogP) is 3.30.